The highest BCUT2D eigenvalue weighted by molar-refractivity contribution is 5.71. The monoisotopic (exact) mass is 198 g/mol. The summed E-state index contributed by atoms with van der Waals surface area (Å²) in [5.74, 6) is -0.499. The Bertz CT molecular complexity index is 205. The summed E-state index contributed by atoms with van der Waals surface area (Å²) in [7, 11) is 0. The maximum Gasteiger partial charge on any atom is 0.309 e. The summed E-state index contributed by atoms with van der Waals surface area (Å²) < 4.78 is 5.58. The maximum atomic E-state index is 11.2. The van der Waals surface area contributed by atoms with E-state index in [2.05, 4.69) is 0 Å². The smallest absolute Gasteiger partial charge is 0.309 e. The Kier molecular flexibility index (Phi) is 3.06. The molecule has 0 aromatic rings. The van der Waals surface area contributed by atoms with Crippen molar-refractivity contribution >= 4 is 5.97 Å². The van der Waals surface area contributed by atoms with Crippen LogP contribution >= 0.6 is 0 Å². The zero-order chi connectivity index (χ0) is 9.97. The summed E-state index contributed by atoms with van der Waals surface area (Å²) in [6.07, 6.45) is 6.50. The van der Waals surface area contributed by atoms with Crippen molar-refractivity contribution in [3.05, 3.63) is 0 Å². The highest BCUT2D eigenvalue weighted by atomic mass is 16.5. The van der Waals surface area contributed by atoms with Crippen LogP contribution in [0.2, 0.25) is 0 Å². The second-order valence-electron chi connectivity index (χ2n) is 4.46. The Hall–Kier alpha value is -0.570. The van der Waals surface area contributed by atoms with Crippen molar-refractivity contribution in [3.63, 3.8) is 0 Å². The SMILES string of the molecule is O=C(O)C(C1CCC1)C1CCCCO1. The Morgan fingerprint density at radius 1 is 1.21 bits per heavy atom. The van der Waals surface area contributed by atoms with Gasteiger partial charge in [0.05, 0.1) is 12.0 Å². The third kappa shape index (κ3) is 1.92. The minimum atomic E-state index is -0.651. The molecule has 2 atom stereocenters. The molecule has 1 N–H and O–H groups in total. The molecule has 0 aromatic carbocycles. The fourth-order valence-electron chi connectivity index (χ4n) is 2.51. The maximum absolute atomic E-state index is 11.2. The predicted octanol–water partition coefficient (Wildman–Crippen LogP) is 2.06. The number of hydrogen-bond donors (Lipinski definition) is 1. The molecule has 1 saturated heterocycles. The minimum absolute atomic E-state index is 0.00782. The zero-order valence-electron chi connectivity index (χ0n) is 8.45. The Morgan fingerprint density at radius 2 is 2.00 bits per heavy atom. The standard InChI is InChI=1S/C11H18O3/c12-11(13)10(8-4-3-5-8)9-6-1-2-7-14-9/h8-10H,1-7H2,(H,12,13). The molecule has 2 aliphatic rings. The molecule has 0 spiro atoms. The van der Waals surface area contributed by atoms with Crippen LogP contribution in [0.1, 0.15) is 38.5 Å². The van der Waals surface area contributed by atoms with E-state index in [1.54, 1.807) is 0 Å². The zero-order valence-corrected chi connectivity index (χ0v) is 8.45. The van der Waals surface area contributed by atoms with Gasteiger partial charge in [0, 0.05) is 6.61 Å². The second-order valence-corrected chi connectivity index (χ2v) is 4.46. The summed E-state index contributed by atoms with van der Waals surface area (Å²) in [6, 6.07) is 0. The third-order valence-electron chi connectivity index (χ3n) is 3.56. The van der Waals surface area contributed by atoms with Gasteiger partial charge >= 0.3 is 5.97 Å². The van der Waals surface area contributed by atoms with Gasteiger partial charge in [0.1, 0.15) is 0 Å². The van der Waals surface area contributed by atoms with Crippen LogP contribution in [0.25, 0.3) is 0 Å². The van der Waals surface area contributed by atoms with E-state index in [4.69, 9.17) is 4.74 Å². The van der Waals surface area contributed by atoms with Gasteiger partial charge in [-0.2, -0.15) is 0 Å². The van der Waals surface area contributed by atoms with Gasteiger partial charge in [0.2, 0.25) is 0 Å². The van der Waals surface area contributed by atoms with E-state index >= 15 is 0 Å². The van der Waals surface area contributed by atoms with Crippen LogP contribution in [0, 0.1) is 11.8 Å². The van der Waals surface area contributed by atoms with E-state index in [1.807, 2.05) is 0 Å². The number of carboxylic acid groups (broad SMARTS) is 1. The average Bonchev–Trinajstić information content (AvgIpc) is 2.12. The first-order valence-electron chi connectivity index (χ1n) is 5.63. The molecule has 0 amide bonds. The molecule has 2 fully saturated rings. The topological polar surface area (TPSA) is 46.5 Å². The molecule has 2 unspecified atom stereocenters. The Labute approximate surface area is 84.4 Å². The normalized spacial score (nSPS) is 30.7. The summed E-state index contributed by atoms with van der Waals surface area (Å²) in [6.45, 7) is 0.751. The van der Waals surface area contributed by atoms with Crippen molar-refractivity contribution in [1.82, 2.24) is 0 Å². The number of carboxylic acids is 1. The van der Waals surface area contributed by atoms with Gasteiger partial charge in [-0.05, 0) is 38.0 Å². The highest BCUT2D eigenvalue weighted by Gasteiger charge is 2.39. The summed E-state index contributed by atoms with van der Waals surface area (Å²) in [5.41, 5.74) is 0. The van der Waals surface area contributed by atoms with E-state index in [9.17, 15) is 9.90 Å². The van der Waals surface area contributed by atoms with Crippen molar-refractivity contribution in [2.24, 2.45) is 11.8 Å². The molecule has 1 heterocycles. The first-order valence-corrected chi connectivity index (χ1v) is 5.63. The third-order valence-corrected chi connectivity index (χ3v) is 3.56. The molecule has 1 aliphatic heterocycles. The van der Waals surface area contributed by atoms with Gasteiger partial charge in [-0.3, -0.25) is 4.79 Å². The van der Waals surface area contributed by atoms with Gasteiger partial charge < -0.3 is 9.84 Å². The van der Waals surface area contributed by atoms with Gasteiger partial charge in [-0.25, -0.2) is 0 Å². The van der Waals surface area contributed by atoms with Crippen molar-refractivity contribution in [2.75, 3.05) is 6.61 Å². The van der Waals surface area contributed by atoms with E-state index in [-0.39, 0.29) is 12.0 Å². The number of carbonyl (C=O) groups is 1. The summed E-state index contributed by atoms with van der Waals surface area (Å²) >= 11 is 0. The van der Waals surface area contributed by atoms with Crippen LogP contribution in [0.15, 0.2) is 0 Å². The van der Waals surface area contributed by atoms with Crippen LogP contribution in [-0.2, 0) is 9.53 Å². The quantitative estimate of drug-likeness (QED) is 0.755. The van der Waals surface area contributed by atoms with Gasteiger partial charge in [-0.1, -0.05) is 6.42 Å². The minimum Gasteiger partial charge on any atom is -0.481 e. The van der Waals surface area contributed by atoms with Crippen molar-refractivity contribution in [1.29, 1.82) is 0 Å². The van der Waals surface area contributed by atoms with Crippen molar-refractivity contribution in [3.8, 4) is 0 Å². The van der Waals surface area contributed by atoms with E-state index in [0.717, 1.165) is 38.7 Å². The number of hydrogen-bond acceptors (Lipinski definition) is 2. The molecule has 80 valence electrons. The lowest BCUT2D eigenvalue weighted by Crippen LogP contribution is -2.40. The molecule has 0 radical (unpaired) electrons. The first kappa shape index (κ1) is 9.97. The fraction of sp³-hybridized carbons (Fsp3) is 0.909. The largest absolute Gasteiger partial charge is 0.481 e. The van der Waals surface area contributed by atoms with E-state index < -0.39 is 5.97 Å². The molecule has 1 saturated carbocycles. The van der Waals surface area contributed by atoms with Crippen LogP contribution in [0.5, 0.6) is 0 Å². The molecule has 3 nitrogen and oxygen atoms in total. The Morgan fingerprint density at radius 3 is 2.43 bits per heavy atom. The second kappa shape index (κ2) is 4.30. The first-order chi connectivity index (χ1) is 6.79. The van der Waals surface area contributed by atoms with Crippen molar-refractivity contribution in [2.45, 2.75) is 44.6 Å². The molecule has 1 aliphatic carbocycles. The lowest BCUT2D eigenvalue weighted by Gasteiger charge is -2.37. The molecule has 0 aromatic heterocycles. The molecule has 0 bridgehead atoms. The lowest BCUT2D eigenvalue weighted by atomic mass is 9.72. The Balaban J connectivity index is 1.97. The number of aliphatic carboxylic acids is 1. The molecule has 2 rings (SSSR count). The predicted molar refractivity (Wildman–Crippen MR) is 52.1 cm³/mol. The van der Waals surface area contributed by atoms with Crippen molar-refractivity contribution < 1.29 is 14.6 Å². The molecular weight excluding hydrogens is 180 g/mol. The van der Waals surface area contributed by atoms with E-state index in [1.165, 1.54) is 6.42 Å². The van der Waals surface area contributed by atoms with E-state index in [0.29, 0.717) is 5.92 Å². The number of rotatable bonds is 3. The van der Waals surface area contributed by atoms with Crippen LogP contribution in [-0.4, -0.2) is 23.8 Å². The number of ether oxygens (including phenoxy) is 1. The molecule has 14 heavy (non-hydrogen) atoms. The van der Waals surface area contributed by atoms with Gasteiger partial charge in [0.15, 0.2) is 0 Å². The average molecular weight is 198 g/mol. The summed E-state index contributed by atoms with van der Waals surface area (Å²) in [4.78, 5) is 11.2. The van der Waals surface area contributed by atoms with Crippen LogP contribution in [0.3, 0.4) is 0 Å². The summed E-state index contributed by atoms with van der Waals surface area (Å²) in [5, 5.41) is 9.18. The molecule has 3 heteroatoms. The van der Waals surface area contributed by atoms with Crippen LogP contribution < -0.4 is 0 Å². The highest BCUT2D eigenvalue weighted by Crippen LogP contribution is 2.38. The van der Waals surface area contributed by atoms with Crippen LogP contribution in [0.4, 0.5) is 0 Å². The molecular formula is C11H18O3. The lowest BCUT2D eigenvalue weighted by molar-refractivity contribution is -0.155. The van der Waals surface area contributed by atoms with Gasteiger partial charge in [-0.15, -0.1) is 0 Å². The van der Waals surface area contributed by atoms with Gasteiger partial charge in [0.25, 0.3) is 0 Å². The fourth-order valence-corrected chi connectivity index (χ4v) is 2.51.